The van der Waals surface area contributed by atoms with Gasteiger partial charge in [0.25, 0.3) is 0 Å². The minimum Gasteiger partial charge on any atom is -0.462 e. The van der Waals surface area contributed by atoms with E-state index in [1.54, 1.807) is 6.92 Å². The quantitative estimate of drug-likeness (QED) is 0.804. The molecule has 0 bridgehead atoms. The van der Waals surface area contributed by atoms with Crippen LogP contribution in [-0.4, -0.2) is 33.3 Å². The third-order valence-electron chi connectivity index (χ3n) is 3.17. The molecule has 112 valence electrons. The molecule has 0 aromatic carbocycles. The number of nitrogen functional groups attached to an aromatic ring is 1. The molecule has 0 atom stereocenters. The molecule has 1 aromatic rings. The summed E-state index contributed by atoms with van der Waals surface area (Å²) in [7, 11) is -3.51. The maximum atomic E-state index is 11.9. The molecule has 8 heteroatoms. The number of hydrogen-bond acceptors (Lipinski definition) is 7. The summed E-state index contributed by atoms with van der Waals surface area (Å²) in [5.41, 5.74) is 5.83. The SMILES string of the molecule is CCOC(=O)c1sc(NC2CCC2)c(S(C)(=O)=O)c1N. The van der Waals surface area contributed by atoms with Gasteiger partial charge in [-0.05, 0) is 26.2 Å². The monoisotopic (exact) mass is 318 g/mol. The summed E-state index contributed by atoms with van der Waals surface area (Å²) in [4.78, 5) is 12.0. The van der Waals surface area contributed by atoms with Gasteiger partial charge in [-0.1, -0.05) is 0 Å². The van der Waals surface area contributed by atoms with Crippen LogP contribution in [0.2, 0.25) is 0 Å². The van der Waals surface area contributed by atoms with Crippen LogP contribution in [0.4, 0.5) is 10.7 Å². The van der Waals surface area contributed by atoms with Crippen molar-refractivity contribution in [2.75, 3.05) is 23.9 Å². The van der Waals surface area contributed by atoms with E-state index >= 15 is 0 Å². The molecule has 0 spiro atoms. The molecule has 1 heterocycles. The van der Waals surface area contributed by atoms with Crippen LogP contribution in [0.3, 0.4) is 0 Å². The molecule has 1 aromatic heterocycles. The maximum Gasteiger partial charge on any atom is 0.350 e. The second kappa shape index (κ2) is 5.61. The molecule has 0 saturated heterocycles. The number of esters is 1. The molecule has 0 aliphatic heterocycles. The predicted octanol–water partition coefficient (Wildman–Crippen LogP) is 1.87. The first-order chi connectivity index (χ1) is 9.34. The highest BCUT2D eigenvalue weighted by atomic mass is 32.2. The summed E-state index contributed by atoms with van der Waals surface area (Å²) in [5, 5.41) is 3.61. The predicted molar refractivity (Wildman–Crippen MR) is 79.1 cm³/mol. The number of ether oxygens (including phenoxy) is 1. The van der Waals surface area contributed by atoms with Gasteiger partial charge in [0.05, 0.1) is 12.3 Å². The van der Waals surface area contributed by atoms with Crippen molar-refractivity contribution in [2.24, 2.45) is 0 Å². The van der Waals surface area contributed by atoms with E-state index in [0.717, 1.165) is 36.9 Å². The lowest BCUT2D eigenvalue weighted by atomic mass is 9.93. The highest BCUT2D eigenvalue weighted by Crippen LogP contribution is 2.41. The van der Waals surface area contributed by atoms with E-state index in [0.29, 0.717) is 5.00 Å². The summed E-state index contributed by atoms with van der Waals surface area (Å²) in [6, 6.07) is 0.253. The third-order valence-corrected chi connectivity index (χ3v) is 5.58. The van der Waals surface area contributed by atoms with Crippen LogP contribution in [0.5, 0.6) is 0 Å². The summed E-state index contributed by atoms with van der Waals surface area (Å²) in [5.74, 6) is -0.582. The molecule has 0 radical (unpaired) electrons. The van der Waals surface area contributed by atoms with Crippen LogP contribution in [0.25, 0.3) is 0 Å². The van der Waals surface area contributed by atoms with Crippen molar-refractivity contribution in [3.05, 3.63) is 4.88 Å². The standard InChI is InChI=1S/C12H18N2O4S2/c1-3-18-12(15)9-8(13)10(20(2,16)17)11(19-9)14-7-5-4-6-7/h7,14H,3-6,13H2,1-2H3. The summed E-state index contributed by atoms with van der Waals surface area (Å²) in [6.07, 6.45) is 4.20. The van der Waals surface area contributed by atoms with E-state index in [1.807, 2.05) is 0 Å². The Morgan fingerprint density at radius 1 is 1.50 bits per heavy atom. The van der Waals surface area contributed by atoms with Gasteiger partial charge >= 0.3 is 5.97 Å². The number of hydrogen-bond donors (Lipinski definition) is 2. The first-order valence-electron chi connectivity index (χ1n) is 6.40. The van der Waals surface area contributed by atoms with Crippen LogP contribution in [-0.2, 0) is 14.6 Å². The lowest BCUT2D eigenvalue weighted by Crippen LogP contribution is -2.27. The third kappa shape index (κ3) is 2.90. The highest BCUT2D eigenvalue weighted by Gasteiger charge is 2.29. The van der Waals surface area contributed by atoms with Crippen LogP contribution in [0.1, 0.15) is 35.9 Å². The van der Waals surface area contributed by atoms with Gasteiger partial charge in [0.2, 0.25) is 0 Å². The van der Waals surface area contributed by atoms with E-state index in [9.17, 15) is 13.2 Å². The van der Waals surface area contributed by atoms with Gasteiger partial charge in [-0.3, -0.25) is 0 Å². The molecule has 3 N–H and O–H groups in total. The van der Waals surface area contributed by atoms with E-state index in [2.05, 4.69) is 5.32 Å². The molecule has 6 nitrogen and oxygen atoms in total. The topological polar surface area (TPSA) is 98.5 Å². The Kier molecular flexibility index (Phi) is 4.24. The molecule has 1 saturated carbocycles. The number of nitrogens with one attached hydrogen (secondary N) is 1. The van der Waals surface area contributed by atoms with Gasteiger partial charge in [-0.25, -0.2) is 13.2 Å². The molecule has 0 unspecified atom stereocenters. The van der Waals surface area contributed by atoms with Crippen LogP contribution >= 0.6 is 11.3 Å². The number of sulfone groups is 1. The summed E-state index contributed by atoms with van der Waals surface area (Å²) < 4.78 is 28.7. The normalized spacial score (nSPS) is 15.7. The second-order valence-corrected chi connectivity index (χ2v) is 7.74. The van der Waals surface area contributed by atoms with Crippen molar-refractivity contribution >= 4 is 37.8 Å². The molecule has 1 fully saturated rings. The molecular formula is C12H18N2O4S2. The number of carbonyl (C=O) groups is 1. The van der Waals surface area contributed by atoms with E-state index < -0.39 is 15.8 Å². The Morgan fingerprint density at radius 2 is 2.15 bits per heavy atom. The van der Waals surface area contributed by atoms with Gasteiger partial charge in [0.15, 0.2) is 9.84 Å². The van der Waals surface area contributed by atoms with Gasteiger partial charge in [-0.15, -0.1) is 11.3 Å². The van der Waals surface area contributed by atoms with Crippen molar-refractivity contribution in [1.82, 2.24) is 0 Å². The lowest BCUT2D eigenvalue weighted by molar-refractivity contribution is 0.0533. The Morgan fingerprint density at radius 3 is 2.60 bits per heavy atom. The summed E-state index contributed by atoms with van der Waals surface area (Å²) >= 11 is 1.05. The van der Waals surface area contributed by atoms with E-state index in [1.165, 1.54) is 0 Å². The molecule has 1 aliphatic carbocycles. The first kappa shape index (κ1) is 15.1. The minimum absolute atomic E-state index is 0.0115. The second-order valence-electron chi connectivity index (χ2n) is 4.77. The van der Waals surface area contributed by atoms with Crippen LogP contribution in [0.15, 0.2) is 4.90 Å². The van der Waals surface area contributed by atoms with Crippen molar-refractivity contribution < 1.29 is 17.9 Å². The fraction of sp³-hybridized carbons (Fsp3) is 0.583. The average molecular weight is 318 g/mol. The fourth-order valence-electron chi connectivity index (χ4n) is 1.98. The van der Waals surface area contributed by atoms with Crippen LogP contribution < -0.4 is 11.1 Å². The van der Waals surface area contributed by atoms with Gasteiger partial charge in [0, 0.05) is 12.3 Å². The average Bonchev–Trinajstić information content (AvgIpc) is 2.60. The van der Waals surface area contributed by atoms with E-state index in [-0.39, 0.29) is 28.1 Å². The van der Waals surface area contributed by atoms with Crippen molar-refractivity contribution in [2.45, 2.75) is 37.1 Å². The van der Waals surface area contributed by atoms with Crippen LogP contribution in [0, 0.1) is 0 Å². The van der Waals surface area contributed by atoms with Gasteiger partial charge < -0.3 is 15.8 Å². The number of nitrogens with two attached hydrogens (primary N) is 1. The van der Waals surface area contributed by atoms with Crippen molar-refractivity contribution in [1.29, 1.82) is 0 Å². The Labute approximate surface area is 122 Å². The van der Waals surface area contributed by atoms with Gasteiger partial charge in [-0.2, -0.15) is 0 Å². The van der Waals surface area contributed by atoms with Gasteiger partial charge in [0.1, 0.15) is 14.8 Å². The molecule has 1 aliphatic rings. The number of rotatable bonds is 5. The maximum absolute atomic E-state index is 11.9. The Balaban J connectivity index is 2.43. The smallest absolute Gasteiger partial charge is 0.350 e. The lowest BCUT2D eigenvalue weighted by Gasteiger charge is -2.27. The largest absolute Gasteiger partial charge is 0.462 e. The number of thiophene rings is 1. The van der Waals surface area contributed by atoms with Crippen molar-refractivity contribution in [3.8, 4) is 0 Å². The zero-order chi connectivity index (χ0) is 14.9. The first-order valence-corrected chi connectivity index (χ1v) is 9.11. The molecule has 20 heavy (non-hydrogen) atoms. The Bertz CT molecular complexity index is 618. The fourth-order valence-corrected chi connectivity index (χ4v) is 4.51. The Hall–Kier alpha value is -1.28. The molecular weight excluding hydrogens is 300 g/mol. The minimum atomic E-state index is -3.51. The van der Waals surface area contributed by atoms with Crippen molar-refractivity contribution in [3.63, 3.8) is 0 Å². The highest BCUT2D eigenvalue weighted by molar-refractivity contribution is 7.91. The summed E-state index contributed by atoms with van der Waals surface area (Å²) in [6.45, 7) is 1.91. The number of carbonyl (C=O) groups excluding carboxylic acids is 1. The zero-order valence-electron chi connectivity index (χ0n) is 11.4. The molecule has 2 rings (SSSR count). The zero-order valence-corrected chi connectivity index (χ0v) is 13.1. The van der Waals surface area contributed by atoms with E-state index in [4.69, 9.17) is 10.5 Å². The number of anilines is 2. The molecule has 0 amide bonds.